The zero-order chi connectivity index (χ0) is 15.7. The van der Waals surface area contributed by atoms with Crippen LogP contribution in [0.15, 0.2) is 24.4 Å². The first kappa shape index (κ1) is 14.7. The van der Waals surface area contributed by atoms with Crippen molar-refractivity contribution in [1.82, 2.24) is 29.9 Å². The normalized spacial score (nSPS) is 13.1. The predicted molar refractivity (Wildman–Crippen MR) is 85.5 cm³/mol. The first-order valence-electron chi connectivity index (χ1n) is 7.61. The van der Waals surface area contributed by atoms with E-state index < -0.39 is 0 Å². The molecule has 0 aromatic carbocycles. The fourth-order valence-corrected chi connectivity index (χ4v) is 2.73. The number of H-pyrrole nitrogens is 1. The van der Waals surface area contributed by atoms with E-state index in [1.165, 1.54) is 0 Å². The lowest BCUT2D eigenvalue weighted by molar-refractivity contribution is 0.388. The molecule has 0 spiro atoms. The molecule has 0 aliphatic carbocycles. The van der Waals surface area contributed by atoms with Crippen LogP contribution in [0.5, 0.6) is 0 Å². The SMILES string of the molecule is Cc1nc(CNC(c2nnc3ccccn23)C(C)C)c(C)[nH]1. The molecule has 0 aliphatic heterocycles. The van der Waals surface area contributed by atoms with Crippen molar-refractivity contribution in [3.63, 3.8) is 0 Å². The van der Waals surface area contributed by atoms with Crippen molar-refractivity contribution in [2.24, 2.45) is 5.92 Å². The smallest absolute Gasteiger partial charge is 0.160 e. The third-order valence-electron chi connectivity index (χ3n) is 3.88. The molecule has 3 aromatic heterocycles. The Bertz CT molecular complexity index is 770. The fourth-order valence-electron chi connectivity index (χ4n) is 2.73. The molecule has 3 heterocycles. The molecule has 0 amide bonds. The van der Waals surface area contributed by atoms with Crippen molar-refractivity contribution < 1.29 is 0 Å². The van der Waals surface area contributed by atoms with Crippen LogP contribution in [0, 0.1) is 19.8 Å². The Labute approximate surface area is 130 Å². The number of imidazole rings is 1. The van der Waals surface area contributed by atoms with E-state index in [4.69, 9.17) is 0 Å². The van der Waals surface area contributed by atoms with Crippen LogP contribution in [0.25, 0.3) is 5.65 Å². The molecule has 0 fully saturated rings. The molecule has 0 aliphatic rings. The van der Waals surface area contributed by atoms with E-state index >= 15 is 0 Å². The largest absolute Gasteiger partial charge is 0.346 e. The molecule has 6 nitrogen and oxygen atoms in total. The Morgan fingerprint density at radius 3 is 2.73 bits per heavy atom. The third-order valence-corrected chi connectivity index (χ3v) is 3.88. The lowest BCUT2D eigenvalue weighted by Crippen LogP contribution is -2.27. The maximum Gasteiger partial charge on any atom is 0.160 e. The number of aryl methyl sites for hydroxylation is 2. The van der Waals surface area contributed by atoms with Crippen molar-refractivity contribution in [2.75, 3.05) is 0 Å². The van der Waals surface area contributed by atoms with Gasteiger partial charge in [-0.15, -0.1) is 10.2 Å². The standard InChI is InChI=1S/C16H22N6/c1-10(2)15(17-9-13-11(3)18-12(4)19-13)16-21-20-14-7-5-6-8-22(14)16/h5-8,10,15,17H,9H2,1-4H3,(H,18,19). The topological polar surface area (TPSA) is 70.9 Å². The molecule has 22 heavy (non-hydrogen) atoms. The van der Waals surface area contributed by atoms with Crippen LogP contribution in [-0.2, 0) is 6.54 Å². The number of aromatic nitrogens is 5. The summed E-state index contributed by atoms with van der Waals surface area (Å²) in [4.78, 5) is 7.76. The molecule has 116 valence electrons. The summed E-state index contributed by atoms with van der Waals surface area (Å²) in [5.41, 5.74) is 3.03. The third kappa shape index (κ3) is 2.74. The minimum absolute atomic E-state index is 0.119. The van der Waals surface area contributed by atoms with Gasteiger partial charge in [-0.05, 0) is 31.9 Å². The summed E-state index contributed by atoms with van der Waals surface area (Å²) in [6.45, 7) is 9.10. The number of fused-ring (bicyclic) bond motifs is 1. The number of nitrogens with zero attached hydrogens (tertiary/aromatic N) is 4. The molecule has 6 heteroatoms. The average Bonchev–Trinajstić information content (AvgIpc) is 3.03. The van der Waals surface area contributed by atoms with Crippen LogP contribution in [0.4, 0.5) is 0 Å². The van der Waals surface area contributed by atoms with Gasteiger partial charge >= 0.3 is 0 Å². The second-order valence-corrected chi connectivity index (χ2v) is 5.98. The van der Waals surface area contributed by atoms with Crippen molar-refractivity contribution in [3.8, 4) is 0 Å². The molecule has 0 saturated heterocycles. The fraction of sp³-hybridized carbons (Fsp3) is 0.438. The van der Waals surface area contributed by atoms with Gasteiger partial charge < -0.3 is 10.3 Å². The lowest BCUT2D eigenvalue weighted by atomic mass is 10.0. The van der Waals surface area contributed by atoms with Gasteiger partial charge in [0.25, 0.3) is 0 Å². The van der Waals surface area contributed by atoms with E-state index in [1.54, 1.807) is 0 Å². The highest BCUT2D eigenvalue weighted by Gasteiger charge is 2.21. The summed E-state index contributed by atoms with van der Waals surface area (Å²) in [5, 5.41) is 12.2. The first-order valence-corrected chi connectivity index (χ1v) is 7.61. The highest BCUT2D eigenvalue weighted by atomic mass is 15.3. The van der Waals surface area contributed by atoms with Crippen LogP contribution in [0.2, 0.25) is 0 Å². The molecule has 1 unspecified atom stereocenters. The summed E-state index contributed by atoms with van der Waals surface area (Å²) >= 11 is 0. The van der Waals surface area contributed by atoms with Gasteiger partial charge in [0.2, 0.25) is 0 Å². The molecular weight excluding hydrogens is 276 g/mol. The van der Waals surface area contributed by atoms with Gasteiger partial charge in [-0.3, -0.25) is 4.40 Å². The summed E-state index contributed by atoms with van der Waals surface area (Å²) in [6, 6.07) is 6.06. The van der Waals surface area contributed by atoms with E-state index in [2.05, 4.69) is 39.3 Å². The summed E-state index contributed by atoms with van der Waals surface area (Å²) in [5.74, 6) is 2.28. The summed E-state index contributed by atoms with van der Waals surface area (Å²) < 4.78 is 2.04. The van der Waals surface area contributed by atoms with Gasteiger partial charge in [-0.2, -0.15) is 0 Å². The molecule has 0 saturated carbocycles. The van der Waals surface area contributed by atoms with E-state index in [0.29, 0.717) is 12.5 Å². The number of hydrogen-bond acceptors (Lipinski definition) is 4. The average molecular weight is 298 g/mol. The second kappa shape index (κ2) is 5.88. The van der Waals surface area contributed by atoms with E-state index in [-0.39, 0.29) is 6.04 Å². The van der Waals surface area contributed by atoms with Gasteiger partial charge in [0.1, 0.15) is 5.82 Å². The highest BCUT2D eigenvalue weighted by molar-refractivity contribution is 5.37. The van der Waals surface area contributed by atoms with E-state index in [1.807, 2.05) is 42.6 Å². The van der Waals surface area contributed by atoms with Crippen LogP contribution >= 0.6 is 0 Å². The quantitative estimate of drug-likeness (QED) is 0.759. The first-order chi connectivity index (χ1) is 10.6. The van der Waals surface area contributed by atoms with Crippen LogP contribution in [0.3, 0.4) is 0 Å². The van der Waals surface area contributed by atoms with E-state index in [0.717, 1.165) is 28.7 Å². The van der Waals surface area contributed by atoms with Crippen LogP contribution in [-0.4, -0.2) is 24.6 Å². The molecule has 0 bridgehead atoms. The van der Waals surface area contributed by atoms with Crippen LogP contribution < -0.4 is 5.32 Å². The number of aromatic amines is 1. The molecular formula is C16H22N6. The summed E-state index contributed by atoms with van der Waals surface area (Å²) in [7, 11) is 0. The van der Waals surface area contributed by atoms with E-state index in [9.17, 15) is 0 Å². The monoisotopic (exact) mass is 298 g/mol. The van der Waals surface area contributed by atoms with Crippen molar-refractivity contribution in [1.29, 1.82) is 0 Å². The number of rotatable bonds is 5. The Kier molecular flexibility index (Phi) is 3.94. The molecule has 1 atom stereocenters. The maximum atomic E-state index is 4.52. The highest BCUT2D eigenvalue weighted by Crippen LogP contribution is 2.21. The van der Waals surface area contributed by atoms with Crippen molar-refractivity contribution in [2.45, 2.75) is 40.3 Å². The Balaban J connectivity index is 1.85. The Morgan fingerprint density at radius 1 is 1.23 bits per heavy atom. The maximum absolute atomic E-state index is 4.52. The number of pyridine rings is 1. The Morgan fingerprint density at radius 2 is 2.05 bits per heavy atom. The van der Waals surface area contributed by atoms with Gasteiger partial charge in [0.05, 0.1) is 11.7 Å². The number of hydrogen-bond donors (Lipinski definition) is 2. The molecule has 0 radical (unpaired) electrons. The van der Waals surface area contributed by atoms with Gasteiger partial charge in [0.15, 0.2) is 11.5 Å². The van der Waals surface area contributed by atoms with Gasteiger partial charge in [0, 0.05) is 18.4 Å². The molecule has 3 aromatic rings. The van der Waals surface area contributed by atoms with Gasteiger partial charge in [-0.25, -0.2) is 4.98 Å². The molecule has 3 rings (SSSR count). The number of nitrogens with one attached hydrogen (secondary N) is 2. The van der Waals surface area contributed by atoms with Crippen molar-refractivity contribution >= 4 is 5.65 Å². The minimum atomic E-state index is 0.119. The van der Waals surface area contributed by atoms with Gasteiger partial charge in [-0.1, -0.05) is 19.9 Å². The van der Waals surface area contributed by atoms with Crippen LogP contribution in [0.1, 0.15) is 42.9 Å². The Hall–Kier alpha value is -2.21. The minimum Gasteiger partial charge on any atom is -0.346 e. The lowest BCUT2D eigenvalue weighted by Gasteiger charge is -2.20. The molecule has 2 N–H and O–H groups in total. The zero-order valence-electron chi connectivity index (χ0n) is 13.5. The van der Waals surface area contributed by atoms with Crippen molar-refractivity contribution in [3.05, 3.63) is 47.4 Å². The zero-order valence-corrected chi connectivity index (χ0v) is 13.5. The summed E-state index contributed by atoms with van der Waals surface area (Å²) in [6.07, 6.45) is 2.01. The predicted octanol–water partition coefficient (Wildman–Crippen LogP) is 2.56. The second-order valence-electron chi connectivity index (χ2n) is 5.98.